The summed E-state index contributed by atoms with van der Waals surface area (Å²) in [5, 5.41) is 7.74. The summed E-state index contributed by atoms with van der Waals surface area (Å²) in [6.07, 6.45) is 0. The monoisotopic (exact) mass is 251 g/mol. The summed E-state index contributed by atoms with van der Waals surface area (Å²) < 4.78 is 5.11. The summed E-state index contributed by atoms with van der Waals surface area (Å²) in [6.45, 7) is 2.43. The van der Waals surface area contributed by atoms with E-state index in [9.17, 15) is 0 Å². The van der Waals surface area contributed by atoms with Gasteiger partial charge in [0.1, 0.15) is 5.75 Å². The first-order chi connectivity index (χ1) is 8.17. The highest BCUT2D eigenvalue weighted by molar-refractivity contribution is 6.32. The lowest BCUT2D eigenvalue weighted by molar-refractivity contribution is 0.415. The molecule has 17 heavy (non-hydrogen) atoms. The molecule has 0 atom stereocenters. The third kappa shape index (κ3) is 2.14. The fraction of sp³-hybridized carbons (Fsp3) is 0.250. The van der Waals surface area contributed by atoms with Crippen LogP contribution in [-0.4, -0.2) is 17.3 Å². The van der Waals surface area contributed by atoms with Crippen LogP contribution in [0.3, 0.4) is 0 Å². The molecule has 1 aromatic carbocycles. The Bertz CT molecular complexity index is 537. The predicted molar refractivity (Wildman–Crippen MR) is 68.2 cm³/mol. The van der Waals surface area contributed by atoms with E-state index in [1.54, 1.807) is 7.11 Å². The van der Waals surface area contributed by atoms with Crippen LogP contribution in [-0.2, 0) is 6.54 Å². The lowest BCUT2D eigenvalue weighted by Crippen LogP contribution is -1.98. The molecule has 0 aliphatic heterocycles. The van der Waals surface area contributed by atoms with Crippen LogP contribution in [0.4, 0.5) is 0 Å². The zero-order chi connectivity index (χ0) is 12.4. The van der Waals surface area contributed by atoms with Crippen molar-refractivity contribution in [3.8, 4) is 17.0 Å². The molecule has 0 fully saturated rings. The molecule has 2 aromatic rings. The van der Waals surface area contributed by atoms with E-state index in [4.69, 9.17) is 22.1 Å². The first-order valence-electron chi connectivity index (χ1n) is 5.25. The summed E-state index contributed by atoms with van der Waals surface area (Å²) in [6, 6.07) is 5.59. The SMILES string of the molecule is COc1ccc(-c2n[nH]c(CN)c2C)cc1Cl. The molecule has 0 aliphatic rings. The summed E-state index contributed by atoms with van der Waals surface area (Å²) in [4.78, 5) is 0. The quantitative estimate of drug-likeness (QED) is 0.881. The number of ether oxygens (including phenoxy) is 1. The first kappa shape index (κ1) is 12.0. The molecular weight excluding hydrogens is 238 g/mol. The number of rotatable bonds is 3. The second kappa shape index (κ2) is 4.77. The molecular formula is C12H14ClN3O. The highest BCUT2D eigenvalue weighted by Gasteiger charge is 2.11. The van der Waals surface area contributed by atoms with Crippen LogP contribution in [0.2, 0.25) is 5.02 Å². The van der Waals surface area contributed by atoms with E-state index in [2.05, 4.69) is 10.2 Å². The lowest BCUT2D eigenvalue weighted by Gasteiger charge is -2.05. The maximum atomic E-state index is 6.08. The van der Waals surface area contributed by atoms with Crippen molar-refractivity contribution in [1.29, 1.82) is 0 Å². The molecule has 0 aliphatic carbocycles. The van der Waals surface area contributed by atoms with Crippen LogP contribution in [0.15, 0.2) is 18.2 Å². The van der Waals surface area contributed by atoms with Gasteiger partial charge in [-0.05, 0) is 30.7 Å². The minimum Gasteiger partial charge on any atom is -0.495 e. The van der Waals surface area contributed by atoms with E-state index in [-0.39, 0.29) is 0 Å². The lowest BCUT2D eigenvalue weighted by atomic mass is 10.1. The fourth-order valence-corrected chi connectivity index (χ4v) is 1.99. The standard InChI is InChI=1S/C12H14ClN3O/c1-7-10(6-14)15-16-12(7)8-3-4-11(17-2)9(13)5-8/h3-5H,6,14H2,1-2H3,(H,15,16). The Kier molecular flexibility index (Phi) is 3.36. The molecule has 0 spiro atoms. The van der Waals surface area contributed by atoms with Crippen molar-refractivity contribution >= 4 is 11.6 Å². The molecule has 2 rings (SSSR count). The number of H-pyrrole nitrogens is 1. The van der Waals surface area contributed by atoms with Gasteiger partial charge in [0.15, 0.2) is 0 Å². The Labute approximate surface area is 105 Å². The van der Waals surface area contributed by atoms with Gasteiger partial charge in [-0.1, -0.05) is 11.6 Å². The van der Waals surface area contributed by atoms with E-state index in [1.807, 2.05) is 25.1 Å². The summed E-state index contributed by atoms with van der Waals surface area (Å²) in [5.41, 5.74) is 9.41. The Hall–Kier alpha value is -1.52. The van der Waals surface area contributed by atoms with Crippen molar-refractivity contribution in [2.75, 3.05) is 7.11 Å². The number of halogens is 1. The summed E-state index contributed by atoms with van der Waals surface area (Å²) in [5.74, 6) is 0.655. The fourth-order valence-electron chi connectivity index (χ4n) is 1.73. The molecule has 0 radical (unpaired) electrons. The zero-order valence-corrected chi connectivity index (χ0v) is 10.5. The molecule has 4 nitrogen and oxygen atoms in total. The van der Waals surface area contributed by atoms with Crippen LogP contribution in [0.25, 0.3) is 11.3 Å². The number of nitrogens with two attached hydrogens (primary N) is 1. The van der Waals surface area contributed by atoms with Crippen LogP contribution in [0.5, 0.6) is 5.75 Å². The molecule has 0 unspecified atom stereocenters. The van der Waals surface area contributed by atoms with Gasteiger partial charge < -0.3 is 10.5 Å². The topological polar surface area (TPSA) is 63.9 Å². The van der Waals surface area contributed by atoms with Gasteiger partial charge in [0.25, 0.3) is 0 Å². The van der Waals surface area contributed by atoms with Gasteiger partial charge in [-0.2, -0.15) is 5.10 Å². The van der Waals surface area contributed by atoms with Gasteiger partial charge in [-0.25, -0.2) is 0 Å². The third-order valence-corrected chi connectivity index (χ3v) is 3.04. The second-order valence-electron chi connectivity index (χ2n) is 3.73. The summed E-state index contributed by atoms with van der Waals surface area (Å²) in [7, 11) is 1.59. The average Bonchev–Trinajstić information content (AvgIpc) is 2.70. The Morgan fingerprint density at radius 1 is 1.47 bits per heavy atom. The second-order valence-corrected chi connectivity index (χ2v) is 4.14. The van der Waals surface area contributed by atoms with Crippen LogP contribution in [0.1, 0.15) is 11.3 Å². The number of nitrogens with one attached hydrogen (secondary N) is 1. The van der Waals surface area contributed by atoms with Crippen molar-refractivity contribution < 1.29 is 4.74 Å². The number of aromatic nitrogens is 2. The molecule has 1 heterocycles. The number of nitrogens with zero attached hydrogens (tertiary/aromatic N) is 1. The molecule has 0 bridgehead atoms. The maximum absolute atomic E-state index is 6.08. The molecule has 5 heteroatoms. The van der Waals surface area contributed by atoms with Crippen LogP contribution in [0, 0.1) is 6.92 Å². The smallest absolute Gasteiger partial charge is 0.137 e. The zero-order valence-electron chi connectivity index (χ0n) is 9.75. The van der Waals surface area contributed by atoms with Crippen molar-refractivity contribution in [1.82, 2.24) is 10.2 Å². The predicted octanol–water partition coefficient (Wildman–Crippen LogP) is 2.51. The number of benzene rings is 1. The van der Waals surface area contributed by atoms with Crippen molar-refractivity contribution in [2.24, 2.45) is 5.73 Å². The van der Waals surface area contributed by atoms with Gasteiger partial charge in [-0.15, -0.1) is 0 Å². The number of aromatic amines is 1. The third-order valence-electron chi connectivity index (χ3n) is 2.74. The minimum absolute atomic E-state index is 0.447. The number of hydrogen-bond acceptors (Lipinski definition) is 3. The van der Waals surface area contributed by atoms with Gasteiger partial charge in [0, 0.05) is 12.1 Å². The Morgan fingerprint density at radius 3 is 2.76 bits per heavy atom. The number of hydrogen-bond donors (Lipinski definition) is 2. The van der Waals surface area contributed by atoms with Gasteiger partial charge >= 0.3 is 0 Å². The Morgan fingerprint density at radius 2 is 2.24 bits per heavy atom. The molecule has 1 aromatic heterocycles. The maximum Gasteiger partial charge on any atom is 0.137 e. The van der Waals surface area contributed by atoms with E-state index >= 15 is 0 Å². The number of methoxy groups -OCH3 is 1. The van der Waals surface area contributed by atoms with E-state index in [0.717, 1.165) is 22.5 Å². The van der Waals surface area contributed by atoms with E-state index in [0.29, 0.717) is 17.3 Å². The van der Waals surface area contributed by atoms with Gasteiger partial charge in [0.2, 0.25) is 0 Å². The Balaban J connectivity index is 2.46. The van der Waals surface area contributed by atoms with Crippen molar-refractivity contribution in [2.45, 2.75) is 13.5 Å². The van der Waals surface area contributed by atoms with Crippen LogP contribution < -0.4 is 10.5 Å². The molecule has 0 saturated heterocycles. The van der Waals surface area contributed by atoms with E-state index in [1.165, 1.54) is 0 Å². The average molecular weight is 252 g/mol. The minimum atomic E-state index is 0.447. The van der Waals surface area contributed by atoms with Gasteiger partial charge in [-0.3, -0.25) is 5.10 Å². The van der Waals surface area contributed by atoms with E-state index < -0.39 is 0 Å². The normalized spacial score (nSPS) is 10.6. The van der Waals surface area contributed by atoms with Gasteiger partial charge in [0.05, 0.1) is 23.5 Å². The largest absolute Gasteiger partial charge is 0.495 e. The molecule has 0 saturated carbocycles. The molecule has 0 amide bonds. The first-order valence-corrected chi connectivity index (χ1v) is 5.63. The van der Waals surface area contributed by atoms with Crippen molar-refractivity contribution in [3.05, 3.63) is 34.5 Å². The highest BCUT2D eigenvalue weighted by Crippen LogP contribution is 2.31. The van der Waals surface area contributed by atoms with Crippen LogP contribution >= 0.6 is 11.6 Å². The highest BCUT2D eigenvalue weighted by atomic mass is 35.5. The van der Waals surface area contributed by atoms with Crippen molar-refractivity contribution in [3.63, 3.8) is 0 Å². The molecule has 3 N–H and O–H groups in total. The summed E-state index contributed by atoms with van der Waals surface area (Å²) >= 11 is 6.08. The molecule has 90 valence electrons.